The predicted molar refractivity (Wildman–Crippen MR) is 63.2 cm³/mol. The summed E-state index contributed by atoms with van der Waals surface area (Å²) in [6.45, 7) is 0. The molecule has 0 aliphatic carbocycles. The molecule has 1 aromatic rings. The van der Waals surface area contributed by atoms with Crippen molar-refractivity contribution in [1.82, 2.24) is 0 Å². The summed E-state index contributed by atoms with van der Waals surface area (Å²) < 4.78 is 21.4. The fraction of sp³-hybridized carbons (Fsp3) is 0. The molecule has 0 aliphatic rings. The summed E-state index contributed by atoms with van der Waals surface area (Å²) >= 11 is 4.09. The summed E-state index contributed by atoms with van der Waals surface area (Å²) in [5, 5.41) is 4.84. The second-order valence-electron chi connectivity index (χ2n) is 2.52. The summed E-state index contributed by atoms with van der Waals surface area (Å²) in [5.41, 5.74) is 15.1. The lowest BCUT2D eigenvalue weighted by atomic mass is 10.3. The second kappa shape index (κ2) is 5.49. The predicted octanol–water partition coefficient (Wildman–Crippen LogP) is -0.895. The minimum absolute atomic E-state index is 0.000000000000000222. The topological polar surface area (TPSA) is 138 Å². The lowest BCUT2D eigenvalue weighted by molar-refractivity contribution is 0.598. The minimum atomic E-state index is -3.58. The van der Waals surface area contributed by atoms with Crippen LogP contribution in [0.3, 0.4) is 0 Å². The summed E-state index contributed by atoms with van der Waals surface area (Å²) in [5.74, 6) is 0. The molecular formula is C7H12N4O2S2. The SMILES string of the molecule is NC(N)=S.Nc1ccc(S(N)(=O)=O)cc1. The number of thiocarbonyl (C=S) groups is 1. The quantitative estimate of drug-likeness (QED) is 0.375. The van der Waals surface area contributed by atoms with Crippen molar-refractivity contribution in [2.24, 2.45) is 16.6 Å². The van der Waals surface area contributed by atoms with E-state index in [2.05, 4.69) is 23.7 Å². The number of hydrogen-bond donors (Lipinski definition) is 4. The molecule has 0 aromatic heterocycles. The fourth-order valence-corrected chi connectivity index (χ4v) is 1.17. The number of primary sulfonamides is 1. The van der Waals surface area contributed by atoms with Crippen LogP contribution in [0.5, 0.6) is 0 Å². The monoisotopic (exact) mass is 248 g/mol. The molecule has 0 saturated carbocycles. The molecule has 8 N–H and O–H groups in total. The third-order valence-electron chi connectivity index (χ3n) is 1.21. The highest BCUT2D eigenvalue weighted by molar-refractivity contribution is 7.89. The number of benzene rings is 1. The Hall–Kier alpha value is -1.38. The average molecular weight is 248 g/mol. The van der Waals surface area contributed by atoms with Crippen molar-refractivity contribution >= 4 is 33.0 Å². The van der Waals surface area contributed by atoms with E-state index in [4.69, 9.17) is 10.9 Å². The molecule has 0 heterocycles. The zero-order valence-corrected chi connectivity index (χ0v) is 9.38. The summed E-state index contributed by atoms with van der Waals surface area (Å²) in [7, 11) is -3.58. The van der Waals surface area contributed by atoms with E-state index in [9.17, 15) is 8.42 Å². The smallest absolute Gasteiger partial charge is 0.238 e. The molecule has 0 fully saturated rings. The molecule has 0 saturated heterocycles. The summed E-state index contributed by atoms with van der Waals surface area (Å²) in [4.78, 5) is 0.0756. The van der Waals surface area contributed by atoms with Gasteiger partial charge in [-0.15, -0.1) is 0 Å². The van der Waals surface area contributed by atoms with Gasteiger partial charge in [-0.3, -0.25) is 0 Å². The summed E-state index contributed by atoms with van der Waals surface area (Å²) in [6, 6.07) is 5.70. The number of nitrogens with two attached hydrogens (primary N) is 4. The molecule has 1 rings (SSSR count). The Balaban J connectivity index is 0.000000423. The Morgan fingerprint density at radius 3 is 1.73 bits per heavy atom. The number of hydrogen-bond acceptors (Lipinski definition) is 4. The van der Waals surface area contributed by atoms with Crippen LogP contribution >= 0.6 is 12.2 Å². The van der Waals surface area contributed by atoms with Crippen LogP contribution in [0, 0.1) is 0 Å². The Kier molecular flexibility index (Phi) is 4.98. The Morgan fingerprint density at radius 1 is 1.13 bits per heavy atom. The zero-order chi connectivity index (χ0) is 12.1. The molecule has 6 nitrogen and oxygen atoms in total. The molecule has 0 amide bonds. The fourth-order valence-electron chi connectivity index (χ4n) is 0.658. The van der Waals surface area contributed by atoms with Crippen molar-refractivity contribution in [2.75, 3.05) is 5.73 Å². The Bertz CT molecular complexity index is 423. The number of nitrogen functional groups attached to an aromatic ring is 1. The van der Waals surface area contributed by atoms with Gasteiger partial charge in [-0.25, -0.2) is 13.6 Å². The molecule has 0 atom stereocenters. The first-order chi connectivity index (χ1) is 6.73. The van der Waals surface area contributed by atoms with Gasteiger partial charge in [0, 0.05) is 5.69 Å². The van der Waals surface area contributed by atoms with Gasteiger partial charge in [-0.1, -0.05) is 0 Å². The van der Waals surface area contributed by atoms with Gasteiger partial charge in [-0.2, -0.15) is 0 Å². The Morgan fingerprint density at radius 2 is 1.47 bits per heavy atom. The van der Waals surface area contributed by atoms with Gasteiger partial charge in [0.2, 0.25) is 10.0 Å². The normalized spacial score (nSPS) is 9.93. The van der Waals surface area contributed by atoms with Gasteiger partial charge >= 0.3 is 0 Å². The molecule has 0 unspecified atom stereocenters. The van der Waals surface area contributed by atoms with Crippen molar-refractivity contribution in [3.63, 3.8) is 0 Å². The molecule has 0 bridgehead atoms. The first kappa shape index (κ1) is 13.6. The van der Waals surface area contributed by atoms with Gasteiger partial charge in [-0.05, 0) is 36.5 Å². The average Bonchev–Trinajstić information content (AvgIpc) is 2.01. The lowest BCUT2D eigenvalue weighted by Gasteiger charge is -1.96. The van der Waals surface area contributed by atoms with Crippen LogP contribution in [0.25, 0.3) is 0 Å². The van der Waals surface area contributed by atoms with Gasteiger partial charge < -0.3 is 17.2 Å². The molecule has 0 radical (unpaired) electrons. The van der Waals surface area contributed by atoms with E-state index in [1.807, 2.05) is 0 Å². The van der Waals surface area contributed by atoms with Crippen LogP contribution in [0.15, 0.2) is 29.2 Å². The van der Waals surface area contributed by atoms with Crippen LogP contribution in [0.1, 0.15) is 0 Å². The van der Waals surface area contributed by atoms with Crippen LogP contribution in [-0.2, 0) is 10.0 Å². The number of rotatable bonds is 1. The summed E-state index contributed by atoms with van der Waals surface area (Å²) in [6.07, 6.45) is 0. The maximum Gasteiger partial charge on any atom is 0.238 e. The Labute approximate surface area is 93.3 Å². The first-order valence-corrected chi connectivity index (χ1v) is 5.62. The second-order valence-corrected chi connectivity index (χ2v) is 4.55. The van der Waals surface area contributed by atoms with E-state index in [0.717, 1.165) is 0 Å². The number of sulfonamides is 1. The van der Waals surface area contributed by atoms with E-state index < -0.39 is 10.0 Å². The molecule has 84 valence electrons. The number of anilines is 1. The molecule has 0 aliphatic heterocycles. The van der Waals surface area contributed by atoms with E-state index in [0.29, 0.717) is 5.69 Å². The van der Waals surface area contributed by atoms with Crippen LogP contribution < -0.4 is 22.3 Å². The van der Waals surface area contributed by atoms with Gasteiger partial charge in [0.05, 0.1) is 4.90 Å². The van der Waals surface area contributed by atoms with Crippen molar-refractivity contribution < 1.29 is 8.42 Å². The largest absolute Gasteiger partial charge is 0.399 e. The highest BCUT2D eigenvalue weighted by Gasteiger charge is 2.04. The lowest BCUT2D eigenvalue weighted by Crippen LogP contribution is -2.18. The molecular weight excluding hydrogens is 236 g/mol. The van der Waals surface area contributed by atoms with Crippen LogP contribution in [0.2, 0.25) is 0 Å². The maximum atomic E-state index is 10.7. The first-order valence-electron chi connectivity index (χ1n) is 3.66. The van der Waals surface area contributed by atoms with E-state index in [1.54, 1.807) is 0 Å². The zero-order valence-electron chi connectivity index (χ0n) is 7.75. The van der Waals surface area contributed by atoms with Gasteiger partial charge in [0.25, 0.3) is 0 Å². The standard InChI is InChI=1S/C6H8N2O2S.CH4N2S/c7-5-1-3-6(4-2-5)11(8,9)10;2-1(3)4/h1-4H,7H2,(H2,8,9,10);(H4,2,3,4). The highest BCUT2D eigenvalue weighted by Crippen LogP contribution is 2.08. The minimum Gasteiger partial charge on any atom is -0.399 e. The molecule has 1 aromatic carbocycles. The third-order valence-corrected chi connectivity index (χ3v) is 2.14. The van der Waals surface area contributed by atoms with Gasteiger partial charge in [0.15, 0.2) is 5.11 Å². The van der Waals surface area contributed by atoms with Crippen LogP contribution in [0.4, 0.5) is 5.69 Å². The van der Waals surface area contributed by atoms with E-state index in [-0.39, 0.29) is 10.0 Å². The van der Waals surface area contributed by atoms with Crippen LogP contribution in [-0.4, -0.2) is 13.5 Å². The van der Waals surface area contributed by atoms with Crippen molar-refractivity contribution in [3.8, 4) is 0 Å². The highest BCUT2D eigenvalue weighted by atomic mass is 32.2. The maximum absolute atomic E-state index is 10.7. The van der Waals surface area contributed by atoms with Crippen molar-refractivity contribution in [1.29, 1.82) is 0 Å². The molecule has 0 spiro atoms. The van der Waals surface area contributed by atoms with Crippen molar-refractivity contribution in [2.45, 2.75) is 4.90 Å². The van der Waals surface area contributed by atoms with Crippen molar-refractivity contribution in [3.05, 3.63) is 24.3 Å². The van der Waals surface area contributed by atoms with Gasteiger partial charge in [0.1, 0.15) is 0 Å². The van der Waals surface area contributed by atoms with E-state index >= 15 is 0 Å². The van der Waals surface area contributed by atoms with E-state index in [1.165, 1.54) is 24.3 Å². The molecule has 15 heavy (non-hydrogen) atoms. The third kappa shape index (κ3) is 6.66. The molecule has 8 heteroatoms.